The fraction of sp³-hybridized carbons (Fsp3) is 0.150. The molecule has 0 unspecified atom stereocenters. The van der Waals surface area contributed by atoms with Gasteiger partial charge >= 0.3 is 0 Å². The number of hydrogen-bond acceptors (Lipinski definition) is 6. The van der Waals surface area contributed by atoms with Crippen molar-refractivity contribution in [3.63, 3.8) is 0 Å². The minimum Gasteiger partial charge on any atom is -0.549 e. The zero-order chi connectivity index (χ0) is 20.5. The minimum absolute atomic E-state index is 0.100. The average Bonchev–Trinajstić information content (AvgIpc) is 2.64. The number of nitrogens with one attached hydrogen (secondary N) is 1. The molecular formula is C20H18NO5S2-. The number of rotatable bonds is 6. The molecule has 0 heterocycles. The summed E-state index contributed by atoms with van der Waals surface area (Å²) in [5, 5.41) is 22.2. The number of phenolic OH excluding ortho intramolecular Hbond substituents is 1. The van der Waals surface area contributed by atoms with Crippen LogP contribution in [0.4, 0.5) is 5.69 Å². The molecular weight excluding hydrogens is 398 g/mol. The van der Waals surface area contributed by atoms with Crippen molar-refractivity contribution in [2.45, 2.75) is 23.6 Å². The van der Waals surface area contributed by atoms with Gasteiger partial charge in [0, 0.05) is 16.5 Å². The van der Waals surface area contributed by atoms with Gasteiger partial charge in [-0.15, -0.1) is 11.8 Å². The Morgan fingerprint density at radius 2 is 1.79 bits per heavy atom. The zero-order valence-electron chi connectivity index (χ0n) is 15.2. The molecule has 0 radical (unpaired) electrons. The van der Waals surface area contributed by atoms with E-state index in [9.17, 15) is 23.4 Å². The van der Waals surface area contributed by atoms with Crippen molar-refractivity contribution < 1.29 is 23.4 Å². The Morgan fingerprint density at radius 1 is 1.11 bits per heavy atom. The van der Waals surface area contributed by atoms with Crippen LogP contribution in [0.2, 0.25) is 0 Å². The third-order valence-electron chi connectivity index (χ3n) is 4.20. The van der Waals surface area contributed by atoms with Crippen molar-refractivity contribution in [2.24, 2.45) is 0 Å². The van der Waals surface area contributed by atoms with Crippen LogP contribution in [0.5, 0.6) is 5.75 Å². The van der Waals surface area contributed by atoms with Gasteiger partial charge in [-0.2, -0.15) is 0 Å². The molecule has 8 heteroatoms. The molecule has 0 aromatic heterocycles. The Balaban J connectivity index is 2.12. The fourth-order valence-electron chi connectivity index (χ4n) is 2.86. The van der Waals surface area contributed by atoms with Gasteiger partial charge in [0.25, 0.3) is 10.0 Å². The molecule has 2 N–H and O–H groups in total. The second-order valence-electron chi connectivity index (χ2n) is 6.35. The summed E-state index contributed by atoms with van der Waals surface area (Å²) in [6.45, 7) is 3.52. The summed E-state index contributed by atoms with van der Waals surface area (Å²) in [5.41, 5.74) is 1.68. The molecule has 0 amide bonds. The minimum atomic E-state index is -3.89. The first-order chi connectivity index (χ1) is 13.2. The lowest BCUT2D eigenvalue weighted by molar-refractivity contribution is -0.301. The number of fused-ring (bicyclic) bond motifs is 1. The van der Waals surface area contributed by atoms with Crippen LogP contribution in [0.15, 0.2) is 58.3 Å². The van der Waals surface area contributed by atoms with Crippen molar-refractivity contribution in [1.82, 2.24) is 0 Å². The highest BCUT2D eigenvalue weighted by atomic mass is 32.2. The van der Waals surface area contributed by atoms with Gasteiger partial charge in [-0.05, 0) is 37.1 Å². The summed E-state index contributed by atoms with van der Waals surface area (Å²) in [6, 6.07) is 13.4. The number of carbonyl (C=O) groups is 1. The molecule has 3 rings (SSSR count). The molecule has 3 aromatic rings. The van der Waals surface area contributed by atoms with Crippen LogP contribution in [0.25, 0.3) is 10.8 Å². The van der Waals surface area contributed by atoms with Crippen molar-refractivity contribution in [3.8, 4) is 5.75 Å². The highest BCUT2D eigenvalue weighted by Gasteiger charge is 2.20. The fourth-order valence-corrected chi connectivity index (χ4v) is 4.98. The van der Waals surface area contributed by atoms with E-state index < -0.39 is 16.0 Å². The van der Waals surface area contributed by atoms with E-state index in [0.29, 0.717) is 16.3 Å². The standard InChI is InChI=1S/C20H19NO5S2/c1-12-7-8-13(2)18(9-12)28(25,26)21-16-10-17(27-11-19(22)23)20(24)15-6-4-3-5-14(15)16/h3-10,21,24H,11H2,1-2H3,(H,22,23)/p-1. The summed E-state index contributed by atoms with van der Waals surface area (Å²) in [6.07, 6.45) is 0. The number of thioether (sulfide) groups is 1. The monoisotopic (exact) mass is 416 g/mol. The topological polar surface area (TPSA) is 107 Å². The van der Waals surface area contributed by atoms with Gasteiger partial charge in [-0.3, -0.25) is 4.72 Å². The van der Waals surface area contributed by atoms with Crippen LogP contribution >= 0.6 is 11.8 Å². The molecule has 0 saturated heterocycles. The molecule has 3 aromatic carbocycles. The first-order valence-electron chi connectivity index (χ1n) is 8.36. The summed E-state index contributed by atoms with van der Waals surface area (Å²) in [5.74, 6) is -1.75. The van der Waals surface area contributed by atoms with Gasteiger partial charge in [-0.25, -0.2) is 8.42 Å². The van der Waals surface area contributed by atoms with E-state index in [2.05, 4.69) is 4.72 Å². The normalized spacial score (nSPS) is 11.5. The number of aliphatic carboxylic acids is 1. The Hall–Kier alpha value is -2.71. The molecule has 0 atom stereocenters. The van der Waals surface area contributed by atoms with Crippen LogP contribution in [0.1, 0.15) is 11.1 Å². The maximum absolute atomic E-state index is 13.0. The number of anilines is 1. The number of carboxylic acids is 1. The number of hydrogen-bond donors (Lipinski definition) is 2. The largest absolute Gasteiger partial charge is 0.549 e. The summed E-state index contributed by atoms with van der Waals surface area (Å²) in [7, 11) is -3.89. The number of phenols is 1. The van der Waals surface area contributed by atoms with E-state index in [1.165, 1.54) is 6.07 Å². The van der Waals surface area contributed by atoms with Crippen molar-refractivity contribution in [2.75, 3.05) is 10.5 Å². The number of carboxylic acid groups (broad SMARTS) is 1. The smallest absolute Gasteiger partial charge is 0.262 e. The van der Waals surface area contributed by atoms with E-state index in [1.807, 2.05) is 13.0 Å². The quantitative estimate of drug-likeness (QED) is 0.473. The molecule has 146 valence electrons. The molecule has 0 aliphatic rings. The second kappa shape index (κ2) is 7.73. The van der Waals surface area contributed by atoms with Crippen LogP contribution in [0.3, 0.4) is 0 Å². The Labute approximate surface area is 167 Å². The van der Waals surface area contributed by atoms with Crippen LogP contribution < -0.4 is 9.83 Å². The Morgan fingerprint density at radius 3 is 2.46 bits per heavy atom. The van der Waals surface area contributed by atoms with Crippen molar-refractivity contribution in [1.29, 1.82) is 0 Å². The third kappa shape index (κ3) is 4.07. The summed E-state index contributed by atoms with van der Waals surface area (Å²) >= 11 is 0.865. The average molecular weight is 417 g/mol. The highest BCUT2D eigenvalue weighted by Crippen LogP contribution is 2.40. The Kier molecular flexibility index (Phi) is 5.53. The number of aromatic hydroxyl groups is 1. The molecule has 6 nitrogen and oxygen atoms in total. The molecule has 28 heavy (non-hydrogen) atoms. The van der Waals surface area contributed by atoms with E-state index in [0.717, 1.165) is 17.3 Å². The number of benzene rings is 3. The van der Waals surface area contributed by atoms with Crippen LogP contribution in [-0.4, -0.2) is 25.2 Å². The number of carbonyl (C=O) groups excluding carboxylic acids is 1. The van der Waals surface area contributed by atoms with Crippen molar-refractivity contribution >= 4 is 44.2 Å². The second-order valence-corrected chi connectivity index (χ2v) is 9.02. The van der Waals surface area contributed by atoms with E-state index in [4.69, 9.17) is 0 Å². The maximum atomic E-state index is 13.0. The molecule has 0 saturated carbocycles. The highest BCUT2D eigenvalue weighted by molar-refractivity contribution is 8.00. The van der Waals surface area contributed by atoms with Crippen LogP contribution in [0, 0.1) is 13.8 Å². The summed E-state index contributed by atoms with van der Waals surface area (Å²) < 4.78 is 28.6. The van der Waals surface area contributed by atoms with E-state index >= 15 is 0 Å². The summed E-state index contributed by atoms with van der Waals surface area (Å²) in [4.78, 5) is 11.2. The lowest BCUT2D eigenvalue weighted by Gasteiger charge is -2.16. The van der Waals surface area contributed by atoms with Gasteiger partial charge < -0.3 is 15.0 Å². The number of aryl methyl sites for hydroxylation is 2. The third-order valence-corrected chi connectivity index (χ3v) is 6.71. The van der Waals surface area contributed by atoms with Gasteiger partial charge in [0.15, 0.2) is 0 Å². The van der Waals surface area contributed by atoms with Crippen LogP contribution in [-0.2, 0) is 14.8 Å². The van der Waals surface area contributed by atoms with Crippen molar-refractivity contribution in [3.05, 3.63) is 59.7 Å². The predicted octanol–water partition coefficient (Wildman–Crippen LogP) is 2.81. The molecule has 0 spiro atoms. The molecule has 0 bridgehead atoms. The number of sulfonamides is 1. The Bertz CT molecular complexity index is 1170. The van der Waals surface area contributed by atoms with Gasteiger partial charge in [-0.1, -0.05) is 36.4 Å². The predicted molar refractivity (Wildman–Crippen MR) is 108 cm³/mol. The first-order valence-corrected chi connectivity index (χ1v) is 10.8. The lowest BCUT2D eigenvalue weighted by Crippen LogP contribution is -2.24. The molecule has 0 aliphatic heterocycles. The molecule has 0 fully saturated rings. The zero-order valence-corrected chi connectivity index (χ0v) is 16.9. The first kappa shape index (κ1) is 20.0. The van der Waals surface area contributed by atoms with E-state index in [1.54, 1.807) is 43.3 Å². The van der Waals surface area contributed by atoms with Gasteiger partial charge in [0.1, 0.15) is 5.75 Å². The maximum Gasteiger partial charge on any atom is 0.262 e. The lowest BCUT2D eigenvalue weighted by atomic mass is 10.1. The SMILES string of the molecule is Cc1ccc(C)c(S(=O)(=O)Nc2cc(SCC(=O)[O-])c(O)c3ccccc23)c1. The van der Waals surface area contributed by atoms with Gasteiger partial charge in [0.05, 0.1) is 21.4 Å². The van der Waals surface area contributed by atoms with E-state index in [-0.39, 0.29) is 27.0 Å². The van der Waals surface area contributed by atoms with Gasteiger partial charge in [0.2, 0.25) is 0 Å². The molecule has 0 aliphatic carbocycles.